The lowest BCUT2D eigenvalue weighted by molar-refractivity contribution is 0.588. The van der Waals surface area contributed by atoms with Gasteiger partial charge in [0.05, 0.1) is 24.2 Å². The molecule has 0 aliphatic heterocycles. The molecule has 2 aromatic carbocycles. The molecule has 0 saturated carbocycles. The number of anilines is 2. The minimum Gasteiger partial charge on any atom is -0.383 e. The Balaban J connectivity index is 1.57. The van der Waals surface area contributed by atoms with Gasteiger partial charge in [0, 0.05) is 22.7 Å². The van der Waals surface area contributed by atoms with Gasteiger partial charge < -0.3 is 10.7 Å². The van der Waals surface area contributed by atoms with Crippen LogP contribution in [0.2, 0.25) is 0 Å². The SMILES string of the molecule is C=CS(=O)(=O)N(CCn1nc(-c2ccc3cc[nH]c3c2)c2c(N)ncnc21)c1ccccc1. The van der Waals surface area contributed by atoms with Crippen molar-refractivity contribution in [1.82, 2.24) is 24.7 Å². The summed E-state index contributed by atoms with van der Waals surface area (Å²) in [6.45, 7) is 3.85. The number of rotatable bonds is 7. The maximum Gasteiger partial charge on any atom is 0.256 e. The lowest BCUT2D eigenvalue weighted by Gasteiger charge is -2.22. The van der Waals surface area contributed by atoms with E-state index in [9.17, 15) is 8.42 Å². The molecule has 9 nitrogen and oxygen atoms in total. The fourth-order valence-corrected chi connectivity index (χ4v) is 4.79. The second kappa shape index (κ2) is 8.06. The topological polar surface area (TPSA) is 123 Å². The molecule has 0 saturated heterocycles. The average Bonchev–Trinajstić information content (AvgIpc) is 3.45. The van der Waals surface area contributed by atoms with Crippen LogP contribution in [0.4, 0.5) is 11.5 Å². The molecule has 0 fully saturated rings. The van der Waals surface area contributed by atoms with Gasteiger partial charge in [0.15, 0.2) is 5.65 Å². The van der Waals surface area contributed by atoms with E-state index in [0.717, 1.165) is 21.9 Å². The summed E-state index contributed by atoms with van der Waals surface area (Å²) in [6, 6.07) is 16.8. The Labute approximate surface area is 190 Å². The number of fused-ring (bicyclic) bond motifs is 2. The molecule has 10 heteroatoms. The molecule has 0 aliphatic carbocycles. The van der Waals surface area contributed by atoms with E-state index < -0.39 is 10.0 Å². The fraction of sp³-hybridized carbons (Fsp3) is 0.0870. The van der Waals surface area contributed by atoms with Crippen molar-refractivity contribution < 1.29 is 8.42 Å². The van der Waals surface area contributed by atoms with E-state index in [4.69, 9.17) is 10.8 Å². The second-order valence-corrected chi connectivity index (χ2v) is 9.23. The average molecular weight is 460 g/mol. The number of para-hydroxylation sites is 1. The predicted molar refractivity (Wildman–Crippen MR) is 130 cm³/mol. The standard InChI is InChI=1S/C23H21N7O2S/c1-2-33(31,32)30(18-6-4-3-5-7-18)13-12-29-23-20(22(24)26-15-27-23)21(28-29)17-9-8-16-10-11-25-19(16)14-17/h2-11,14-15,25H,1,12-13H2,(H2,24,26,27). The van der Waals surface area contributed by atoms with Crippen LogP contribution < -0.4 is 10.0 Å². The molecule has 3 N–H and O–H groups in total. The van der Waals surface area contributed by atoms with Gasteiger partial charge in [-0.3, -0.25) is 4.31 Å². The van der Waals surface area contributed by atoms with Crippen molar-refractivity contribution in [2.75, 3.05) is 16.6 Å². The van der Waals surface area contributed by atoms with E-state index in [0.29, 0.717) is 28.2 Å². The maximum absolute atomic E-state index is 12.7. The van der Waals surface area contributed by atoms with Crippen molar-refractivity contribution in [2.45, 2.75) is 6.54 Å². The minimum absolute atomic E-state index is 0.133. The number of hydrogen-bond acceptors (Lipinski definition) is 6. The van der Waals surface area contributed by atoms with Crippen molar-refractivity contribution in [1.29, 1.82) is 0 Å². The summed E-state index contributed by atoms with van der Waals surface area (Å²) in [7, 11) is -3.71. The quantitative estimate of drug-likeness (QED) is 0.384. The molecule has 5 rings (SSSR count). The predicted octanol–water partition coefficient (Wildman–Crippen LogP) is 3.54. The van der Waals surface area contributed by atoms with Crippen LogP contribution in [0.1, 0.15) is 0 Å². The van der Waals surface area contributed by atoms with Gasteiger partial charge in [0.25, 0.3) is 10.0 Å². The van der Waals surface area contributed by atoms with E-state index in [-0.39, 0.29) is 13.1 Å². The van der Waals surface area contributed by atoms with E-state index in [1.165, 1.54) is 10.6 Å². The van der Waals surface area contributed by atoms with Crippen LogP contribution in [-0.4, -0.2) is 39.7 Å². The Morgan fingerprint density at radius 2 is 1.94 bits per heavy atom. The van der Waals surface area contributed by atoms with Crippen molar-refractivity contribution >= 4 is 43.5 Å². The number of nitrogens with zero attached hydrogens (tertiary/aromatic N) is 5. The first kappa shape index (κ1) is 20.7. The first-order valence-corrected chi connectivity index (χ1v) is 11.7. The van der Waals surface area contributed by atoms with Crippen LogP contribution in [0.15, 0.2) is 79.1 Å². The Morgan fingerprint density at radius 3 is 2.73 bits per heavy atom. The van der Waals surface area contributed by atoms with Crippen molar-refractivity contribution in [2.24, 2.45) is 0 Å². The lowest BCUT2D eigenvalue weighted by atomic mass is 10.1. The van der Waals surface area contributed by atoms with Gasteiger partial charge in [-0.15, -0.1) is 0 Å². The zero-order valence-corrected chi connectivity index (χ0v) is 18.4. The van der Waals surface area contributed by atoms with Crippen molar-refractivity contribution in [3.8, 4) is 11.3 Å². The van der Waals surface area contributed by atoms with Crippen molar-refractivity contribution in [3.63, 3.8) is 0 Å². The third-order valence-corrected chi connectivity index (χ3v) is 6.89. The Kier molecular flexibility index (Phi) is 5.06. The second-order valence-electron chi connectivity index (χ2n) is 7.43. The molecule has 0 amide bonds. The fourth-order valence-electron chi connectivity index (χ4n) is 3.86. The molecule has 0 aliphatic rings. The van der Waals surface area contributed by atoms with Gasteiger partial charge in [0.1, 0.15) is 17.8 Å². The molecular formula is C23H21N7O2S. The van der Waals surface area contributed by atoms with E-state index >= 15 is 0 Å². The maximum atomic E-state index is 12.7. The summed E-state index contributed by atoms with van der Waals surface area (Å²) in [5, 5.41) is 7.41. The number of benzene rings is 2. The molecule has 33 heavy (non-hydrogen) atoms. The van der Waals surface area contributed by atoms with Gasteiger partial charge in [-0.05, 0) is 29.7 Å². The summed E-state index contributed by atoms with van der Waals surface area (Å²) in [4.78, 5) is 11.7. The van der Waals surface area contributed by atoms with Crippen molar-refractivity contribution in [3.05, 3.63) is 79.1 Å². The summed E-state index contributed by atoms with van der Waals surface area (Å²) >= 11 is 0. The van der Waals surface area contributed by atoms with E-state index in [1.807, 2.05) is 36.5 Å². The van der Waals surface area contributed by atoms with Gasteiger partial charge in [-0.25, -0.2) is 23.1 Å². The highest BCUT2D eigenvalue weighted by molar-refractivity contribution is 7.95. The monoisotopic (exact) mass is 459 g/mol. The molecular weight excluding hydrogens is 438 g/mol. The van der Waals surface area contributed by atoms with Gasteiger partial charge in [-0.1, -0.05) is 36.9 Å². The summed E-state index contributed by atoms with van der Waals surface area (Å²) in [5.41, 5.74) is 9.75. The lowest BCUT2D eigenvalue weighted by Crippen LogP contribution is -2.32. The Morgan fingerprint density at radius 1 is 1.12 bits per heavy atom. The number of nitrogens with two attached hydrogens (primary N) is 1. The highest BCUT2D eigenvalue weighted by Gasteiger charge is 2.22. The smallest absolute Gasteiger partial charge is 0.256 e. The highest BCUT2D eigenvalue weighted by atomic mass is 32.2. The molecule has 0 spiro atoms. The van der Waals surface area contributed by atoms with Gasteiger partial charge in [-0.2, -0.15) is 5.10 Å². The van der Waals surface area contributed by atoms with Crippen LogP contribution in [0.5, 0.6) is 0 Å². The number of nitrogen functional groups attached to an aromatic ring is 1. The Hall–Kier alpha value is -4.18. The number of hydrogen-bond donors (Lipinski definition) is 2. The van der Waals surface area contributed by atoms with Crippen LogP contribution in [-0.2, 0) is 16.6 Å². The molecule has 0 radical (unpaired) electrons. The van der Waals surface area contributed by atoms with Crippen LogP contribution in [0, 0.1) is 0 Å². The summed E-state index contributed by atoms with van der Waals surface area (Å²) in [6.07, 6.45) is 3.25. The normalized spacial score (nSPS) is 11.8. The van der Waals surface area contributed by atoms with E-state index in [1.54, 1.807) is 28.9 Å². The van der Waals surface area contributed by atoms with Crippen LogP contribution in [0.3, 0.4) is 0 Å². The number of H-pyrrole nitrogens is 1. The number of nitrogens with one attached hydrogen (secondary N) is 1. The number of aromatic nitrogens is 5. The van der Waals surface area contributed by atoms with Gasteiger partial charge in [0.2, 0.25) is 0 Å². The summed E-state index contributed by atoms with van der Waals surface area (Å²) < 4.78 is 28.3. The van der Waals surface area contributed by atoms with Crippen LogP contribution in [0.25, 0.3) is 33.2 Å². The zero-order chi connectivity index (χ0) is 23.0. The molecule has 166 valence electrons. The molecule has 3 heterocycles. The molecule has 3 aromatic heterocycles. The molecule has 0 atom stereocenters. The molecule has 5 aromatic rings. The highest BCUT2D eigenvalue weighted by Crippen LogP contribution is 2.32. The zero-order valence-electron chi connectivity index (χ0n) is 17.6. The molecule has 0 bridgehead atoms. The van der Waals surface area contributed by atoms with E-state index in [2.05, 4.69) is 21.5 Å². The van der Waals surface area contributed by atoms with Crippen LogP contribution >= 0.6 is 0 Å². The van der Waals surface area contributed by atoms with Gasteiger partial charge >= 0.3 is 0 Å². The largest absolute Gasteiger partial charge is 0.383 e. The number of sulfonamides is 1. The number of aromatic amines is 1. The first-order chi connectivity index (χ1) is 16.0. The summed E-state index contributed by atoms with van der Waals surface area (Å²) in [5.74, 6) is 0.312. The third kappa shape index (κ3) is 3.70. The Bertz CT molecular complexity index is 1570. The minimum atomic E-state index is -3.71. The first-order valence-electron chi connectivity index (χ1n) is 10.2. The third-order valence-electron chi connectivity index (χ3n) is 5.46. The molecule has 0 unspecified atom stereocenters.